The van der Waals surface area contributed by atoms with Gasteiger partial charge >= 0.3 is 0 Å². The SMILES string of the molecule is COc1ccc(C=C2SC(=O)N(CNc3ccc(C)cc3)C2=O)c(OC)c1. The molecule has 1 aliphatic heterocycles. The van der Waals surface area contributed by atoms with E-state index in [1.54, 1.807) is 38.5 Å². The molecule has 2 aromatic rings. The fourth-order valence-corrected chi connectivity index (χ4v) is 3.39. The number of thioether (sulfide) groups is 1. The maximum absolute atomic E-state index is 12.6. The number of benzene rings is 2. The van der Waals surface area contributed by atoms with Gasteiger partial charge in [-0.2, -0.15) is 0 Å². The van der Waals surface area contributed by atoms with Crippen LogP contribution in [0.15, 0.2) is 47.4 Å². The zero-order chi connectivity index (χ0) is 19.4. The number of rotatable bonds is 6. The van der Waals surface area contributed by atoms with Crippen molar-refractivity contribution in [1.29, 1.82) is 0 Å². The van der Waals surface area contributed by atoms with Gasteiger partial charge in [-0.05, 0) is 49.0 Å². The number of aryl methyl sites for hydroxylation is 1. The fraction of sp³-hybridized carbons (Fsp3) is 0.200. The third-order valence-electron chi connectivity index (χ3n) is 4.09. The van der Waals surface area contributed by atoms with Crippen LogP contribution in [0.4, 0.5) is 10.5 Å². The van der Waals surface area contributed by atoms with E-state index in [1.165, 1.54) is 4.90 Å². The zero-order valence-corrected chi connectivity index (χ0v) is 16.1. The number of nitrogens with zero attached hydrogens (tertiary/aromatic N) is 1. The molecule has 2 aromatic carbocycles. The van der Waals surface area contributed by atoms with Crippen LogP contribution < -0.4 is 14.8 Å². The van der Waals surface area contributed by atoms with Crippen molar-refractivity contribution in [1.82, 2.24) is 4.90 Å². The van der Waals surface area contributed by atoms with Gasteiger partial charge in [0.15, 0.2) is 0 Å². The van der Waals surface area contributed by atoms with Gasteiger partial charge in [-0.1, -0.05) is 17.7 Å². The van der Waals surface area contributed by atoms with Crippen LogP contribution in [0.5, 0.6) is 11.5 Å². The summed E-state index contributed by atoms with van der Waals surface area (Å²) in [4.78, 5) is 26.4. The normalized spacial score (nSPS) is 15.4. The Hall–Kier alpha value is -2.93. The van der Waals surface area contributed by atoms with E-state index < -0.39 is 0 Å². The van der Waals surface area contributed by atoms with E-state index >= 15 is 0 Å². The van der Waals surface area contributed by atoms with Gasteiger partial charge in [-0.25, -0.2) is 0 Å². The van der Waals surface area contributed by atoms with E-state index in [2.05, 4.69) is 5.32 Å². The third-order valence-corrected chi connectivity index (χ3v) is 5.00. The van der Waals surface area contributed by atoms with Crippen molar-refractivity contribution in [3.05, 3.63) is 58.5 Å². The van der Waals surface area contributed by atoms with Gasteiger partial charge in [-0.15, -0.1) is 0 Å². The summed E-state index contributed by atoms with van der Waals surface area (Å²) in [5.41, 5.74) is 2.69. The predicted octanol–water partition coefficient (Wildman–Crippen LogP) is 4.12. The Morgan fingerprint density at radius 1 is 1.07 bits per heavy atom. The van der Waals surface area contributed by atoms with Crippen LogP contribution in [-0.2, 0) is 4.79 Å². The lowest BCUT2D eigenvalue weighted by atomic mass is 10.1. The molecular weight excluding hydrogens is 364 g/mol. The number of anilines is 1. The molecule has 1 fully saturated rings. The first-order valence-corrected chi connectivity index (χ1v) is 9.11. The third kappa shape index (κ3) is 4.25. The molecule has 2 amide bonds. The van der Waals surface area contributed by atoms with Gasteiger partial charge in [0, 0.05) is 17.3 Å². The highest BCUT2D eigenvalue weighted by Gasteiger charge is 2.35. The number of nitrogens with one attached hydrogen (secondary N) is 1. The molecule has 0 spiro atoms. The van der Waals surface area contributed by atoms with Crippen molar-refractivity contribution in [2.45, 2.75) is 6.92 Å². The summed E-state index contributed by atoms with van der Waals surface area (Å²) in [7, 11) is 3.12. The monoisotopic (exact) mass is 384 g/mol. The standard InChI is InChI=1S/C20H20N2O4S/c1-13-4-7-15(8-5-13)21-12-22-19(23)18(27-20(22)24)10-14-6-9-16(25-2)11-17(14)26-3/h4-11,21H,12H2,1-3H3. The van der Waals surface area contributed by atoms with Crippen molar-refractivity contribution in [2.75, 3.05) is 26.2 Å². The Bertz CT molecular complexity index is 893. The average molecular weight is 384 g/mol. The maximum atomic E-state index is 12.6. The van der Waals surface area contributed by atoms with Crippen LogP contribution in [-0.4, -0.2) is 36.9 Å². The molecule has 0 radical (unpaired) electrons. The minimum absolute atomic E-state index is 0.116. The first-order chi connectivity index (χ1) is 13.0. The maximum Gasteiger partial charge on any atom is 0.295 e. The Labute approximate surface area is 162 Å². The molecule has 0 aromatic heterocycles. The van der Waals surface area contributed by atoms with Gasteiger partial charge in [0.2, 0.25) is 0 Å². The molecule has 3 rings (SSSR count). The molecule has 140 valence electrons. The first kappa shape index (κ1) is 18.8. The number of imide groups is 1. The quantitative estimate of drug-likeness (QED) is 0.756. The predicted molar refractivity (Wildman–Crippen MR) is 107 cm³/mol. The van der Waals surface area contributed by atoms with Crippen LogP contribution in [0.25, 0.3) is 6.08 Å². The summed E-state index contributed by atoms with van der Waals surface area (Å²) >= 11 is 0.915. The second-order valence-corrected chi connectivity index (χ2v) is 6.91. The summed E-state index contributed by atoms with van der Waals surface area (Å²) < 4.78 is 10.5. The van der Waals surface area contributed by atoms with E-state index in [0.29, 0.717) is 22.0 Å². The van der Waals surface area contributed by atoms with Gasteiger partial charge < -0.3 is 14.8 Å². The molecule has 1 saturated heterocycles. The summed E-state index contributed by atoms with van der Waals surface area (Å²) in [6.45, 7) is 2.11. The second-order valence-electron chi connectivity index (χ2n) is 5.92. The van der Waals surface area contributed by atoms with Crippen molar-refractivity contribution in [3.63, 3.8) is 0 Å². The minimum Gasteiger partial charge on any atom is -0.497 e. The van der Waals surface area contributed by atoms with Gasteiger partial charge in [0.25, 0.3) is 11.1 Å². The lowest BCUT2D eigenvalue weighted by molar-refractivity contribution is -0.122. The number of methoxy groups -OCH3 is 2. The second kappa shape index (κ2) is 8.18. The molecule has 0 aliphatic carbocycles. The van der Waals surface area contributed by atoms with Crippen LogP contribution in [0, 0.1) is 6.92 Å². The zero-order valence-electron chi connectivity index (χ0n) is 15.3. The van der Waals surface area contributed by atoms with Crippen molar-refractivity contribution in [3.8, 4) is 11.5 Å². The number of ether oxygens (including phenoxy) is 2. The van der Waals surface area contributed by atoms with E-state index in [-0.39, 0.29) is 17.8 Å². The minimum atomic E-state index is -0.331. The molecule has 6 nitrogen and oxygen atoms in total. The molecule has 1 aliphatic rings. The summed E-state index contributed by atoms with van der Waals surface area (Å²) in [5, 5.41) is 2.79. The fourth-order valence-electron chi connectivity index (χ4n) is 2.56. The lowest BCUT2D eigenvalue weighted by Gasteiger charge is -2.14. The lowest BCUT2D eigenvalue weighted by Crippen LogP contribution is -2.33. The topological polar surface area (TPSA) is 67.9 Å². The Morgan fingerprint density at radius 3 is 2.48 bits per heavy atom. The summed E-state index contributed by atoms with van der Waals surface area (Å²) in [6, 6.07) is 13.0. The van der Waals surface area contributed by atoms with Gasteiger partial charge in [0.05, 0.1) is 25.8 Å². The molecular formula is C20H20N2O4S. The summed E-state index contributed by atoms with van der Waals surface area (Å²) in [6.07, 6.45) is 1.66. The molecule has 0 unspecified atom stereocenters. The Morgan fingerprint density at radius 2 is 1.81 bits per heavy atom. The first-order valence-electron chi connectivity index (χ1n) is 8.29. The molecule has 1 N–H and O–H groups in total. The number of carbonyl (C=O) groups excluding carboxylic acids is 2. The average Bonchev–Trinajstić information content (AvgIpc) is 2.94. The van der Waals surface area contributed by atoms with Crippen molar-refractivity contribution >= 4 is 34.7 Å². The largest absolute Gasteiger partial charge is 0.497 e. The van der Waals surface area contributed by atoms with Crippen molar-refractivity contribution < 1.29 is 19.1 Å². The molecule has 0 saturated carbocycles. The van der Waals surface area contributed by atoms with Crippen LogP contribution in [0.1, 0.15) is 11.1 Å². The number of amides is 2. The van der Waals surface area contributed by atoms with Gasteiger partial charge in [-0.3, -0.25) is 14.5 Å². The Kier molecular flexibility index (Phi) is 5.71. The molecule has 1 heterocycles. The summed E-state index contributed by atoms with van der Waals surface area (Å²) in [5.74, 6) is 0.890. The van der Waals surface area contributed by atoms with E-state index in [9.17, 15) is 9.59 Å². The number of hydrogen-bond acceptors (Lipinski definition) is 6. The van der Waals surface area contributed by atoms with E-state index in [4.69, 9.17) is 9.47 Å². The highest BCUT2D eigenvalue weighted by Crippen LogP contribution is 2.34. The number of carbonyl (C=O) groups is 2. The Balaban J connectivity index is 1.75. The molecule has 0 bridgehead atoms. The molecule has 7 heteroatoms. The highest BCUT2D eigenvalue weighted by atomic mass is 32.2. The smallest absolute Gasteiger partial charge is 0.295 e. The number of hydrogen-bond donors (Lipinski definition) is 1. The van der Waals surface area contributed by atoms with Crippen molar-refractivity contribution in [2.24, 2.45) is 0 Å². The van der Waals surface area contributed by atoms with Crippen LogP contribution >= 0.6 is 11.8 Å². The van der Waals surface area contributed by atoms with E-state index in [0.717, 1.165) is 23.0 Å². The van der Waals surface area contributed by atoms with Crippen LogP contribution in [0.3, 0.4) is 0 Å². The molecule has 27 heavy (non-hydrogen) atoms. The van der Waals surface area contributed by atoms with E-state index in [1.807, 2.05) is 31.2 Å². The molecule has 0 atom stereocenters. The highest BCUT2D eigenvalue weighted by molar-refractivity contribution is 8.18. The van der Waals surface area contributed by atoms with Gasteiger partial charge in [0.1, 0.15) is 11.5 Å². The van der Waals surface area contributed by atoms with Crippen LogP contribution in [0.2, 0.25) is 0 Å².